The molecule has 1 saturated heterocycles. The molecule has 1 aromatic rings. The van der Waals surface area contributed by atoms with Gasteiger partial charge in [0, 0.05) is 24.7 Å². The van der Waals surface area contributed by atoms with Crippen LogP contribution in [0.2, 0.25) is 0 Å². The Kier molecular flexibility index (Phi) is 3.69. The third-order valence-corrected chi connectivity index (χ3v) is 3.23. The number of anilines is 1. The van der Waals surface area contributed by atoms with Gasteiger partial charge in [0.25, 0.3) is 0 Å². The first-order chi connectivity index (χ1) is 8.76. The molecule has 0 radical (unpaired) electrons. The molecule has 92 valence electrons. The minimum atomic E-state index is 0.106. The van der Waals surface area contributed by atoms with Gasteiger partial charge in [0.15, 0.2) is 5.88 Å². The Labute approximate surface area is 107 Å². The fraction of sp³-hybridized carbons (Fsp3) is 0.429. The van der Waals surface area contributed by atoms with Crippen molar-refractivity contribution >= 4 is 11.5 Å². The quantitative estimate of drug-likeness (QED) is 0.746. The SMILES string of the molecule is CC(=C(C#N)C#N)c1ccc(N2CCCCC2)o1. The van der Waals surface area contributed by atoms with Crippen LogP contribution in [-0.4, -0.2) is 13.1 Å². The Bertz CT molecular complexity index is 520. The zero-order valence-electron chi connectivity index (χ0n) is 10.4. The lowest BCUT2D eigenvalue weighted by Gasteiger charge is -2.25. The molecule has 0 spiro atoms. The molecular weight excluding hydrogens is 226 g/mol. The van der Waals surface area contributed by atoms with Crippen LogP contribution >= 0.6 is 0 Å². The van der Waals surface area contributed by atoms with Crippen LogP contribution in [0.15, 0.2) is 22.1 Å². The van der Waals surface area contributed by atoms with E-state index in [2.05, 4.69) is 4.90 Å². The number of rotatable bonds is 2. The summed E-state index contributed by atoms with van der Waals surface area (Å²) in [5, 5.41) is 17.7. The standard InChI is InChI=1S/C14H15N3O/c1-11(12(9-15)10-16)13-5-6-14(18-13)17-7-3-2-4-8-17/h5-6H,2-4,7-8H2,1H3. The molecule has 0 amide bonds. The molecule has 2 heterocycles. The zero-order chi connectivity index (χ0) is 13.0. The fourth-order valence-electron chi connectivity index (χ4n) is 2.13. The van der Waals surface area contributed by atoms with E-state index in [4.69, 9.17) is 14.9 Å². The van der Waals surface area contributed by atoms with Gasteiger partial charge in [-0.2, -0.15) is 10.5 Å². The maximum Gasteiger partial charge on any atom is 0.196 e. The smallest absolute Gasteiger partial charge is 0.196 e. The van der Waals surface area contributed by atoms with E-state index in [1.54, 1.807) is 6.92 Å². The van der Waals surface area contributed by atoms with Gasteiger partial charge in [0.05, 0.1) is 0 Å². The molecule has 18 heavy (non-hydrogen) atoms. The van der Waals surface area contributed by atoms with E-state index in [0.717, 1.165) is 19.0 Å². The van der Waals surface area contributed by atoms with Crippen molar-refractivity contribution in [2.45, 2.75) is 26.2 Å². The van der Waals surface area contributed by atoms with Crippen molar-refractivity contribution in [2.24, 2.45) is 0 Å². The van der Waals surface area contributed by atoms with E-state index in [-0.39, 0.29) is 5.57 Å². The van der Waals surface area contributed by atoms with Crippen LogP contribution in [0, 0.1) is 22.7 Å². The van der Waals surface area contributed by atoms with E-state index in [1.165, 1.54) is 19.3 Å². The second-order valence-electron chi connectivity index (χ2n) is 4.41. The Morgan fingerprint density at radius 1 is 1.17 bits per heavy atom. The molecule has 1 aliphatic rings. The lowest BCUT2D eigenvalue weighted by molar-refractivity contribution is 0.494. The molecule has 0 N–H and O–H groups in total. The largest absolute Gasteiger partial charge is 0.441 e. The monoisotopic (exact) mass is 241 g/mol. The van der Waals surface area contributed by atoms with Crippen LogP contribution in [0.3, 0.4) is 0 Å². The highest BCUT2D eigenvalue weighted by molar-refractivity contribution is 5.71. The molecule has 0 atom stereocenters. The van der Waals surface area contributed by atoms with E-state index in [1.807, 2.05) is 24.3 Å². The van der Waals surface area contributed by atoms with Crippen LogP contribution in [0.4, 0.5) is 5.88 Å². The molecule has 4 nitrogen and oxygen atoms in total. The number of nitriles is 2. The average Bonchev–Trinajstić information content (AvgIpc) is 2.90. The number of hydrogen-bond donors (Lipinski definition) is 0. The van der Waals surface area contributed by atoms with E-state index in [9.17, 15) is 0 Å². The Hall–Kier alpha value is -2.20. The molecule has 4 heteroatoms. The van der Waals surface area contributed by atoms with Gasteiger partial charge in [-0.05, 0) is 32.3 Å². The minimum Gasteiger partial charge on any atom is -0.441 e. The number of piperidine rings is 1. The summed E-state index contributed by atoms with van der Waals surface area (Å²) in [6, 6.07) is 7.51. The predicted molar refractivity (Wildman–Crippen MR) is 68.6 cm³/mol. The van der Waals surface area contributed by atoms with Gasteiger partial charge in [0.1, 0.15) is 23.5 Å². The molecule has 2 rings (SSSR count). The normalized spacial score (nSPS) is 14.7. The summed E-state index contributed by atoms with van der Waals surface area (Å²) in [5.41, 5.74) is 0.706. The first-order valence-electron chi connectivity index (χ1n) is 6.12. The van der Waals surface area contributed by atoms with Crippen molar-refractivity contribution in [1.29, 1.82) is 10.5 Å². The van der Waals surface area contributed by atoms with Gasteiger partial charge in [-0.25, -0.2) is 0 Å². The average molecular weight is 241 g/mol. The molecule has 0 saturated carbocycles. The van der Waals surface area contributed by atoms with Crippen LogP contribution in [0.5, 0.6) is 0 Å². The molecule has 1 aliphatic heterocycles. The number of hydrogen-bond acceptors (Lipinski definition) is 4. The lowest BCUT2D eigenvalue weighted by atomic mass is 10.1. The molecule has 0 bridgehead atoms. The number of nitrogens with zero attached hydrogens (tertiary/aromatic N) is 3. The molecule has 0 aliphatic carbocycles. The van der Waals surface area contributed by atoms with Crippen molar-refractivity contribution in [3.05, 3.63) is 23.5 Å². The summed E-state index contributed by atoms with van der Waals surface area (Å²) in [6.45, 7) is 3.76. The highest BCUT2D eigenvalue weighted by Crippen LogP contribution is 2.27. The van der Waals surface area contributed by atoms with Gasteiger partial charge < -0.3 is 9.32 Å². The number of furan rings is 1. The van der Waals surface area contributed by atoms with Crippen molar-refractivity contribution in [3.8, 4) is 12.1 Å². The predicted octanol–water partition coefficient (Wildman–Crippen LogP) is 3.09. The maximum absolute atomic E-state index is 8.83. The van der Waals surface area contributed by atoms with Crippen molar-refractivity contribution in [1.82, 2.24) is 0 Å². The summed E-state index contributed by atoms with van der Waals surface area (Å²) < 4.78 is 5.74. The van der Waals surface area contributed by atoms with Crippen LogP contribution in [-0.2, 0) is 0 Å². The molecular formula is C14H15N3O. The van der Waals surface area contributed by atoms with Gasteiger partial charge in [-0.15, -0.1) is 0 Å². The third-order valence-electron chi connectivity index (χ3n) is 3.23. The first kappa shape index (κ1) is 12.3. The van der Waals surface area contributed by atoms with Gasteiger partial charge in [-0.3, -0.25) is 0 Å². The minimum absolute atomic E-state index is 0.106. The highest BCUT2D eigenvalue weighted by Gasteiger charge is 2.15. The second kappa shape index (κ2) is 5.42. The van der Waals surface area contributed by atoms with E-state index < -0.39 is 0 Å². The van der Waals surface area contributed by atoms with Crippen LogP contribution < -0.4 is 4.90 Å². The highest BCUT2D eigenvalue weighted by atomic mass is 16.4. The zero-order valence-corrected chi connectivity index (χ0v) is 10.4. The van der Waals surface area contributed by atoms with Crippen molar-refractivity contribution in [2.75, 3.05) is 18.0 Å². The summed E-state index contributed by atoms with van der Waals surface area (Å²) in [5.74, 6) is 1.44. The topological polar surface area (TPSA) is 64.0 Å². The molecule has 0 unspecified atom stereocenters. The Morgan fingerprint density at radius 2 is 1.83 bits per heavy atom. The lowest BCUT2D eigenvalue weighted by Crippen LogP contribution is -2.28. The maximum atomic E-state index is 8.83. The van der Waals surface area contributed by atoms with Gasteiger partial charge in [0.2, 0.25) is 0 Å². The summed E-state index contributed by atoms with van der Waals surface area (Å²) in [7, 11) is 0. The van der Waals surface area contributed by atoms with Crippen LogP contribution in [0.25, 0.3) is 5.57 Å². The third kappa shape index (κ3) is 2.38. The van der Waals surface area contributed by atoms with Gasteiger partial charge in [-0.1, -0.05) is 0 Å². The van der Waals surface area contributed by atoms with Gasteiger partial charge >= 0.3 is 0 Å². The number of allylic oxidation sites excluding steroid dienone is 2. The Balaban J connectivity index is 2.23. The van der Waals surface area contributed by atoms with E-state index in [0.29, 0.717) is 11.3 Å². The molecule has 1 aromatic heterocycles. The van der Waals surface area contributed by atoms with Crippen LogP contribution in [0.1, 0.15) is 31.9 Å². The van der Waals surface area contributed by atoms with E-state index >= 15 is 0 Å². The summed E-state index contributed by atoms with van der Waals surface area (Å²) in [6.07, 6.45) is 3.65. The summed E-state index contributed by atoms with van der Waals surface area (Å²) in [4.78, 5) is 2.21. The van der Waals surface area contributed by atoms with Crippen molar-refractivity contribution in [3.63, 3.8) is 0 Å². The van der Waals surface area contributed by atoms with Crippen molar-refractivity contribution < 1.29 is 4.42 Å². The second-order valence-corrected chi connectivity index (χ2v) is 4.41. The first-order valence-corrected chi connectivity index (χ1v) is 6.12. The summed E-state index contributed by atoms with van der Waals surface area (Å²) >= 11 is 0. The fourth-order valence-corrected chi connectivity index (χ4v) is 2.13. The Morgan fingerprint density at radius 3 is 2.44 bits per heavy atom. The molecule has 1 fully saturated rings. The molecule has 0 aromatic carbocycles.